The summed E-state index contributed by atoms with van der Waals surface area (Å²) in [7, 11) is 0. The molecule has 2 heterocycles. The van der Waals surface area contributed by atoms with E-state index >= 15 is 0 Å². The van der Waals surface area contributed by atoms with Crippen molar-refractivity contribution < 1.29 is 13.9 Å². The number of halogens is 2. The molecule has 1 aromatic heterocycles. The van der Waals surface area contributed by atoms with Gasteiger partial charge >= 0.3 is 0 Å². The van der Waals surface area contributed by atoms with Crippen molar-refractivity contribution in [3.05, 3.63) is 85.3 Å². The molecular weight excluding hydrogens is 459 g/mol. The van der Waals surface area contributed by atoms with E-state index in [9.17, 15) is 9.18 Å². The van der Waals surface area contributed by atoms with Gasteiger partial charge in [0.15, 0.2) is 0 Å². The van der Waals surface area contributed by atoms with Crippen LogP contribution in [0, 0.1) is 26.6 Å². The van der Waals surface area contributed by atoms with E-state index in [2.05, 4.69) is 37.8 Å². The zero-order valence-electron chi connectivity index (χ0n) is 19.2. The number of ether oxygens (including phenoxy) is 1. The molecule has 0 unspecified atom stereocenters. The first-order chi connectivity index (χ1) is 15.8. The van der Waals surface area contributed by atoms with Crippen molar-refractivity contribution in [3.8, 4) is 5.75 Å². The highest BCUT2D eigenvalue weighted by atomic mass is 35.5. The van der Waals surface area contributed by atoms with Crippen LogP contribution >= 0.6 is 22.9 Å². The van der Waals surface area contributed by atoms with Crippen molar-refractivity contribution in [3.63, 3.8) is 0 Å². The largest absolute Gasteiger partial charge is 0.488 e. The fourth-order valence-electron chi connectivity index (χ4n) is 4.29. The van der Waals surface area contributed by atoms with Crippen LogP contribution in [0.1, 0.15) is 37.5 Å². The second kappa shape index (κ2) is 10.2. The second-order valence-electron chi connectivity index (χ2n) is 8.60. The van der Waals surface area contributed by atoms with E-state index in [1.54, 1.807) is 12.1 Å². The number of carbonyl (C=O) groups is 1. The van der Waals surface area contributed by atoms with Crippen molar-refractivity contribution in [2.45, 2.75) is 33.9 Å². The minimum atomic E-state index is -0.287. The Balaban J connectivity index is 1.32. The molecule has 1 aliphatic heterocycles. The van der Waals surface area contributed by atoms with Crippen LogP contribution in [0.5, 0.6) is 5.75 Å². The number of hydrogen-bond acceptors (Lipinski definition) is 4. The summed E-state index contributed by atoms with van der Waals surface area (Å²) in [5, 5.41) is 2.43. The van der Waals surface area contributed by atoms with Crippen molar-refractivity contribution in [2.24, 2.45) is 0 Å². The van der Waals surface area contributed by atoms with Gasteiger partial charge in [-0.05, 0) is 55.5 Å². The average molecular weight is 487 g/mol. The maximum absolute atomic E-state index is 14.1. The average Bonchev–Trinajstić information content (AvgIpc) is 3.24. The molecule has 0 spiro atoms. The highest BCUT2D eigenvalue weighted by molar-refractivity contribution is 7.12. The van der Waals surface area contributed by atoms with Gasteiger partial charge in [-0.15, -0.1) is 11.3 Å². The van der Waals surface area contributed by atoms with E-state index in [1.807, 2.05) is 16.3 Å². The summed E-state index contributed by atoms with van der Waals surface area (Å²) in [6.07, 6.45) is 0. The third-order valence-corrected chi connectivity index (χ3v) is 7.28. The van der Waals surface area contributed by atoms with Crippen LogP contribution in [0.25, 0.3) is 0 Å². The molecule has 1 aliphatic rings. The Bertz CT molecular complexity index is 1110. The van der Waals surface area contributed by atoms with Gasteiger partial charge in [-0.1, -0.05) is 35.4 Å². The molecule has 0 atom stereocenters. The smallest absolute Gasteiger partial charge is 0.264 e. The van der Waals surface area contributed by atoms with Crippen LogP contribution in [0.15, 0.2) is 41.8 Å². The minimum Gasteiger partial charge on any atom is -0.488 e. The van der Waals surface area contributed by atoms with Crippen molar-refractivity contribution in [1.29, 1.82) is 0 Å². The molecule has 0 N–H and O–H groups in total. The van der Waals surface area contributed by atoms with E-state index in [-0.39, 0.29) is 11.7 Å². The quantitative estimate of drug-likeness (QED) is 0.428. The normalized spacial score (nSPS) is 14.5. The lowest BCUT2D eigenvalue weighted by Crippen LogP contribution is -2.48. The molecule has 0 radical (unpaired) electrons. The number of thiophene rings is 1. The molecule has 1 amide bonds. The summed E-state index contributed by atoms with van der Waals surface area (Å²) in [5.74, 6) is 0.661. The first-order valence-electron chi connectivity index (χ1n) is 11.0. The maximum Gasteiger partial charge on any atom is 0.264 e. The SMILES string of the molecule is Cc1cc(C)c(OCc2csc(C(=O)N3CCN(Cc4c(F)cccc4Cl)CC3)c2)c(C)c1. The van der Waals surface area contributed by atoms with Crippen molar-refractivity contribution in [1.82, 2.24) is 9.80 Å². The van der Waals surface area contributed by atoms with E-state index in [1.165, 1.54) is 23.0 Å². The van der Waals surface area contributed by atoms with E-state index < -0.39 is 0 Å². The van der Waals surface area contributed by atoms with Crippen molar-refractivity contribution in [2.75, 3.05) is 26.2 Å². The molecule has 4 nitrogen and oxygen atoms in total. The molecule has 1 saturated heterocycles. The highest BCUT2D eigenvalue weighted by Crippen LogP contribution is 2.27. The summed E-state index contributed by atoms with van der Waals surface area (Å²) in [6, 6.07) is 10.9. The zero-order valence-corrected chi connectivity index (χ0v) is 20.7. The summed E-state index contributed by atoms with van der Waals surface area (Å²) in [6.45, 7) is 9.66. The Morgan fingerprint density at radius 1 is 1.09 bits per heavy atom. The number of benzene rings is 2. The van der Waals surface area contributed by atoms with Gasteiger partial charge in [-0.25, -0.2) is 4.39 Å². The van der Waals surface area contributed by atoms with Gasteiger partial charge in [0, 0.05) is 48.9 Å². The van der Waals surface area contributed by atoms with Crippen LogP contribution in [0.4, 0.5) is 4.39 Å². The molecule has 4 rings (SSSR count). The number of piperazine rings is 1. The Kier molecular flexibility index (Phi) is 7.37. The van der Waals surface area contributed by atoms with E-state index in [4.69, 9.17) is 16.3 Å². The van der Waals surface area contributed by atoms with Crippen LogP contribution in [-0.2, 0) is 13.2 Å². The molecule has 2 aromatic carbocycles. The first kappa shape index (κ1) is 23.7. The summed E-state index contributed by atoms with van der Waals surface area (Å²) in [5.41, 5.74) is 4.97. The highest BCUT2D eigenvalue weighted by Gasteiger charge is 2.24. The fourth-order valence-corrected chi connectivity index (χ4v) is 5.37. The summed E-state index contributed by atoms with van der Waals surface area (Å²) in [4.78, 5) is 17.7. The number of carbonyl (C=O) groups excluding carboxylic acids is 1. The number of hydrogen-bond donors (Lipinski definition) is 0. The molecule has 174 valence electrons. The maximum atomic E-state index is 14.1. The van der Waals surface area contributed by atoms with Gasteiger partial charge in [0.2, 0.25) is 0 Å². The zero-order chi connectivity index (χ0) is 23.5. The van der Waals surface area contributed by atoms with Gasteiger partial charge in [0.25, 0.3) is 5.91 Å². The van der Waals surface area contributed by atoms with Crippen LogP contribution < -0.4 is 4.74 Å². The summed E-state index contributed by atoms with van der Waals surface area (Å²) < 4.78 is 20.2. The van der Waals surface area contributed by atoms with Gasteiger partial charge < -0.3 is 9.64 Å². The van der Waals surface area contributed by atoms with Crippen LogP contribution in [-0.4, -0.2) is 41.9 Å². The molecule has 0 saturated carbocycles. The molecule has 0 bridgehead atoms. The molecule has 1 fully saturated rings. The third kappa shape index (κ3) is 5.57. The first-order valence-corrected chi connectivity index (χ1v) is 12.3. The third-order valence-electron chi connectivity index (χ3n) is 5.96. The predicted octanol–water partition coefficient (Wildman–Crippen LogP) is 6.00. The lowest BCUT2D eigenvalue weighted by Gasteiger charge is -2.34. The van der Waals surface area contributed by atoms with E-state index in [0.29, 0.717) is 49.9 Å². The molecule has 33 heavy (non-hydrogen) atoms. The molecule has 7 heteroatoms. The Morgan fingerprint density at radius 2 is 1.79 bits per heavy atom. The molecule has 3 aromatic rings. The van der Waals surface area contributed by atoms with Crippen molar-refractivity contribution >= 4 is 28.8 Å². The Hall–Kier alpha value is -2.41. The van der Waals surface area contributed by atoms with Gasteiger partial charge in [-0.3, -0.25) is 9.69 Å². The fraction of sp³-hybridized carbons (Fsp3) is 0.346. The molecular formula is C26H28ClFN2O2S. The monoisotopic (exact) mass is 486 g/mol. The standard InChI is InChI=1S/C26H28ClFN2O2S/c1-17-11-18(2)25(19(3)12-17)32-15-20-13-24(33-16-20)26(31)30-9-7-29(8-10-30)14-21-22(27)5-4-6-23(21)28/h4-6,11-13,16H,7-10,14-15H2,1-3H3. The van der Waals surface area contributed by atoms with Gasteiger partial charge in [0.1, 0.15) is 18.2 Å². The molecule has 0 aliphatic carbocycles. The summed E-state index contributed by atoms with van der Waals surface area (Å²) >= 11 is 7.61. The lowest BCUT2D eigenvalue weighted by atomic mass is 10.1. The van der Waals surface area contributed by atoms with Gasteiger partial charge in [-0.2, -0.15) is 0 Å². The topological polar surface area (TPSA) is 32.8 Å². The van der Waals surface area contributed by atoms with Gasteiger partial charge in [0.05, 0.1) is 4.88 Å². The predicted molar refractivity (Wildman–Crippen MR) is 132 cm³/mol. The Morgan fingerprint density at radius 3 is 2.45 bits per heavy atom. The van der Waals surface area contributed by atoms with E-state index in [0.717, 1.165) is 27.3 Å². The van der Waals surface area contributed by atoms with Crippen LogP contribution in [0.3, 0.4) is 0 Å². The van der Waals surface area contributed by atoms with Crippen LogP contribution in [0.2, 0.25) is 5.02 Å². The number of aryl methyl sites for hydroxylation is 3. The lowest BCUT2D eigenvalue weighted by molar-refractivity contribution is 0.0631. The number of rotatable bonds is 6. The number of amides is 1. The Labute approximate surface area is 203 Å². The minimum absolute atomic E-state index is 0.0394. The second-order valence-corrected chi connectivity index (χ2v) is 9.92. The number of nitrogens with zero attached hydrogens (tertiary/aromatic N) is 2.